The number of rotatable bonds is 6. The minimum atomic E-state index is -3.23. The van der Waals surface area contributed by atoms with Crippen LogP contribution >= 0.6 is 0 Å². The van der Waals surface area contributed by atoms with Gasteiger partial charge in [-0.2, -0.15) is 0 Å². The average molecular weight is 314 g/mol. The molecule has 0 saturated carbocycles. The van der Waals surface area contributed by atoms with Gasteiger partial charge in [0.25, 0.3) is 0 Å². The molecule has 116 valence electrons. The van der Waals surface area contributed by atoms with E-state index in [9.17, 15) is 17.6 Å². The molecule has 0 unspecified atom stereocenters. The molecule has 1 aliphatic rings. The number of hydrogen-bond donors (Lipinski definition) is 1. The van der Waals surface area contributed by atoms with Crippen molar-refractivity contribution in [2.75, 3.05) is 18.8 Å². The second-order valence-corrected chi connectivity index (χ2v) is 7.32. The molecule has 0 bridgehead atoms. The van der Waals surface area contributed by atoms with Crippen LogP contribution in [0.1, 0.15) is 18.9 Å². The van der Waals surface area contributed by atoms with E-state index in [1.165, 1.54) is 12.1 Å². The first-order chi connectivity index (χ1) is 9.89. The fourth-order valence-corrected chi connectivity index (χ4v) is 2.99. The van der Waals surface area contributed by atoms with Gasteiger partial charge in [0.1, 0.15) is 5.82 Å². The number of sulfonamides is 1. The van der Waals surface area contributed by atoms with Crippen molar-refractivity contribution in [3.63, 3.8) is 0 Å². The Bertz CT molecular complexity index is 601. The molecule has 0 aromatic heterocycles. The number of halogens is 1. The number of amides is 1. The van der Waals surface area contributed by atoms with Gasteiger partial charge in [-0.3, -0.25) is 4.79 Å². The minimum absolute atomic E-state index is 0.0000198. The number of likely N-dealkylation sites (tertiary alicyclic amines) is 1. The third kappa shape index (κ3) is 4.50. The highest BCUT2D eigenvalue weighted by Crippen LogP contribution is 2.20. The van der Waals surface area contributed by atoms with E-state index in [4.69, 9.17) is 0 Å². The third-order valence-corrected chi connectivity index (χ3v) is 4.92. The lowest BCUT2D eigenvalue weighted by Crippen LogP contribution is -2.32. The molecule has 1 aliphatic heterocycles. The summed E-state index contributed by atoms with van der Waals surface area (Å²) in [6.45, 7) is 2.80. The van der Waals surface area contributed by atoms with Crippen LogP contribution < -0.4 is 4.72 Å². The van der Waals surface area contributed by atoms with E-state index in [0.717, 1.165) is 5.56 Å². The molecule has 2 rings (SSSR count). The maximum atomic E-state index is 12.8. The average Bonchev–Trinajstić information content (AvgIpc) is 2.80. The number of nitrogens with one attached hydrogen (secondary N) is 1. The largest absolute Gasteiger partial charge is 0.338 e. The van der Waals surface area contributed by atoms with Crippen LogP contribution in [0.4, 0.5) is 4.39 Å². The van der Waals surface area contributed by atoms with E-state index in [2.05, 4.69) is 4.72 Å². The molecular formula is C14H19FN2O3S. The zero-order chi connectivity index (χ0) is 15.5. The first-order valence-electron chi connectivity index (χ1n) is 6.89. The molecule has 1 fully saturated rings. The van der Waals surface area contributed by atoms with Crippen molar-refractivity contribution in [1.82, 2.24) is 9.62 Å². The Morgan fingerprint density at radius 1 is 1.33 bits per heavy atom. The van der Waals surface area contributed by atoms with Gasteiger partial charge in [0.2, 0.25) is 15.9 Å². The Hall–Kier alpha value is -1.47. The Morgan fingerprint density at radius 3 is 2.62 bits per heavy atom. The predicted molar refractivity (Wildman–Crippen MR) is 77.4 cm³/mol. The molecule has 1 N–H and O–H groups in total. The number of benzene rings is 1. The summed E-state index contributed by atoms with van der Waals surface area (Å²) in [6, 6.07) is 6.02. The van der Waals surface area contributed by atoms with Gasteiger partial charge in [-0.25, -0.2) is 17.5 Å². The quantitative estimate of drug-likeness (QED) is 0.855. The smallest absolute Gasteiger partial charge is 0.223 e. The summed E-state index contributed by atoms with van der Waals surface area (Å²) in [7, 11) is -3.23. The first-order valence-corrected chi connectivity index (χ1v) is 8.54. The number of nitrogens with zero attached hydrogens (tertiary/aromatic N) is 1. The first kappa shape index (κ1) is 15.9. The van der Waals surface area contributed by atoms with E-state index in [-0.39, 0.29) is 29.9 Å². The number of carbonyl (C=O) groups excluding carboxylic acids is 1. The summed E-state index contributed by atoms with van der Waals surface area (Å²) in [6.07, 6.45) is 0.341. The molecule has 1 amide bonds. The Kier molecular flexibility index (Phi) is 4.95. The van der Waals surface area contributed by atoms with Gasteiger partial charge in [0.15, 0.2) is 0 Å². The topological polar surface area (TPSA) is 66.5 Å². The minimum Gasteiger partial charge on any atom is -0.338 e. The van der Waals surface area contributed by atoms with Crippen LogP contribution in [0.15, 0.2) is 24.3 Å². The number of hydrogen-bond acceptors (Lipinski definition) is 3. The molecule has 5 nitrogen and oxygen atoms in total. The van der Waals surface area contributed by atoms with Gasteiger partial charge < -0.3 is 4.90 Å². The van der Waals surface area contributed by atoms with Crippen LogP contribution in [0.3, 0.4) is 0 Å². The summed E-state index contributed by atoms with van der Waals surface area (Å²) in [5.41, 5.74) is 0.861. The highest BCUT2D eigenvalue weighted by Gasteiger charge is 2.30. The molecule has 1 aromatic carbocycles. The van der Waals surface area contributed by atoms with Crippen molar-refractivity contribution in [2.24, 2.45) is 5.92 Å². The van der Waals surface area contributed by atoms with Crippen molar-refractivity contribution in [3.8, 4) is 0 Å². The normalized spacial score (nSPS) is 19.2. The molecule has 7 heteroatoms. The standard InChI is InChI=1S/C14H19FN2O3S/c1-2-21(19,20)16-8-12-7-14(18)17(10-12)9-11-3-5-13(15)6-4-11/h3-6,12,16H,2,7-10H2,1H3/t12-/m0/s1. The summed E-state index contributed by atoms with van der Waals surface area (Å²) >= 11 is 0. The summed E-state index contributed by atoms with van der Waals surface area (Å²) in [4.78, 5) is 13.6. The zero-order valence-electron chi connectivity index (χ0n) is 11.9. The van der Waals surface area contributed by atoms with Crippen molar-refractivity contribution in [1.29, 1.82) is 0 Å². The monoisotopic (exact) mass is 314 g/mol. The lowest BCUT2D eigenvalue weighted by atomic mass is 10.1. The predicted octanol–water partition coefficient (Wildman–Crippen LogP) is 1.11. The lowest BCUT2D eigenvalue weighted by molar-refractivity contribution is -0.128. The Morgan fingerprint density at radius 2 is 2.00 bits per heavy atom. The fraction of sp³-hybridized carbons (Fsp3) is 0.500. The Balaban J connectivity index is 1.89. The maximum Gasteiger partial charge on any atom is 0.223 e. The summed E-state index contributed by atoms with van der Waals surface area (Å²) < 4.78 is 38.1. The van der Waals surface area contributed by atoms with Gasteiger partial charge in [-0.15, -0.1) is 0 Å². The molecule has 1 saturated heterocycles. The van der Waals surface area contributed by atoms with Crippen molar-refractivity contribution < 1.29 is 17.6 Å². The van der Waals surface area contributed by atoms with Crippen LogP contribution in [0.5, 0.6) is 0 Å². The van der Waals surface area contributed by atoms with Crippen molar-refractivity contribution in [2.45, 2.75) is 19.9 Å². The molecule has 0 spiro atoms. The molecule has 1 atom stereocenters. The van der Waals surface area contributed by atoms with Crippen LogP contribution in [-0.2, 0) is 21.4 Å². The van der Waals surface area contributed by atoms with Gasteiger partial charge in [-0.1, -0.05) is 12.1 Å². The van der Waals surface area contributed by atoms with E-state index in [1.807, 2.05) is 0 Å². The second kappa shape index (κ2) is 6.53. The molecule has 1 aromatic rings. The third-order valence-electron chi connectivity index (χ3n) is 3.55. The van der Waals surface area contributed by atoms with Crippen LogP contribution in [0.2, 0.25) is 0 Å². The van der Waals surface area contributed by atoms with Gasteiger partial charge in [0.05, 0.1) is 5.75 Å². The number of carbonyl (C=O) groups is 1. The molecular weight excluding hydrogens is 295 g/mol. The molecule has 0 aliphatic carbocycles. The molecule has 0 radical (unpaired) electrons. The summed E-state index contributed by atoms with van der Waals surface area (Å²) in [5.74, 6) is -0.287. The van der Waals surface area contributed by atoms with Crippen LogP contribution in [0.25, 0.3) is 0 Å². The van der Waals surface area contributed by atoms with E-state index < -0.39 is 10.0 Å². The van der Waals surface area contributed by atoms with Gasteiger partial charge in [0, 0.05) is 26.1 Å². The van der Waals surface area contributed by atoms with Crippen LogP contribution in [0, 0.1) is 11.7 Å². The van der Waals surface area contributed by atoms with E-state index in [1.54, 1.807) is 24.0 Å². The van der Waals surface area contributed by atoms with Crippen LogP contribution in [-0.4, -0.2) is 38.1 Å². The van der Waals surface area contributed by atoms with Crippen molar-refractivity contribution >= 4 is 15.9 Å². The van der Waals surface area contributed by atoms with E-state index in [0.29, 0.717) is 19.5 Å². The highest BCUT2D eigenvalue weighted by atomic mass is 32.2. The lowest BCUT2D eigenvalue weighted by Gasteiger charge is -2.17. The van der Waals surface area contributed by atoms with Crippen molar-refractivity contribution in [3.05, 3.63) is 35.6 Å². The van der Waals surface area contributed by atoms with E-state index >= 15 is 0 Å². The highest BCUT2D eigenvalue weighted by molar-refractivity contribution is 7.89. The zero-order valence-corrected chi connectivity index (χ0v) is 12.7. The molecule has 21 heavy (non-hydrogen) atoms. The Labute approximate surface area is 124 Å². The molecule has 1 heterocycles. The SMILES string of the molecule is CCS(=O)(=O)NC[C@@H]1CC(=O)N(Cc2ccc(F)cc2)C1. The fourth-order valence-electron chi connectivity index (χ4n) is 2.30. The maximum absolute atomic E-state index is 12.8. The second-order valence-electron chi connectivity index (χ2n) is 5.22. The van der Waals surface area contributed by atoms with Gasteiger partial charge in [-0.05, 0) is 30.5 Å². The summed E-state index contributed by atoms with van der Waals surface area (Å²) in [5, 5.41) is 0. The van der Waals surface area contributed by atoms with Gasteiger partial charge >= 0.3 is 0 Å².